The first-order valence-electron chi connectivity index (χ1n) is 7.73. The number of esters is 1. The van der Waals surface area contributed by atoms with E-state index in [0.717, 1.165) is 23.1 Å². The van der Waals surface area contributed by atoms with Crippen LogP contribution in [0.15, 0.2) is 47.4 Å². The van der Waals surface area contributed by atoms with Gasteiger partial charge < -0.3 is 10.1 Å². The Morgan fingerprint density at radius 3 is 2.70 bits per heavy atom. The van der Waals surface area contributed by atoms with E-state index in [9.17, 15) is 9.59 Å². The normalized spacial score (nSPS) is 15.2. The van der Waals surface area contributed by atoms with E-state index in [1.807, 2.05) is 30.3 Å². The second-order valence-electron chi connectivity index (χ2n) is 5.71. The number of carbonyl (C=O) groups excluding carboxylic acids is 2. The number of nitrogens with one attached hydrogen (secondary N) is 1. The number of rotatable bonds is 6. The molecule has 0 spiro atoms. The van der Waals surface area contributed by atoms with Gasteiger partial charge in [-0.15, -0.1) is 11.8 Å². The van der Waals surface area contributed by atoms with Gasteiger partial charge in [-0.2, -0.15) is 0 Å². The molecule has 3 rings (SSSR count). The van der Waals surface area contributed by atoms with Crippen LogP contribution in [-0.2, 0) is 14.3 Å². The van der Waals surface area contributed by atoms with E-state index in [-0.39, 0.29) is 23.7 Å². The molecule has 0 bridgehead atoms. The van der Waals surface area contributed by atoms with Gasteiger partial charge in [0.1, 0.15) is 0 Å². The van der Waals surface area contributed by atoms with Gasteiger partial charge in [0.15, 0.2) is 6.10 Å². The largest absolute Gasteiger partial charge is 0.452 e. The number of ether oxygens (including phenoxy) is 1. The zero-order valence-corrected chi connectivity index (χ0v) is 13.8. The topological polar surface area (TPSA) is 55.4 Å². The maximum Gasteiger partial charge on any atom is 0.317 e. The first kappa shape index (κ1) is 15.9. The van der Waals surface area contributed by atoms with Crippen molar-refractivity contribution < 1.29 is 14.3 Å². The molecule has 2 aromatic carbocycles. The third-order valence-corrected chi connectivity index (χ3v) is 4.65. The number of hydrogen-bond donors (Lipinski definition) is 1. The number of amides is 1. The fourth-order valence-corrected chi connectivity index (χ4v) is 2.96. The minimum atomic E-state index is -0.736. The summed E-state index contributed by atoms with van der Waals surface area (Å²) in [6, 6.07) is 14.4. The van der Waals surface area contributed by atoms with Crippen LogP contribution in [0, 0.1) is 0 Å². The molecule has 1 saturated carbocycles. The molecule has 1 aliphatic carbocycles. The first-order valence-corrected chi connectivity index (χ1v) is 8.72. The Bertz CT molecular complexity index is 727. The molecule has 0 radical (unpaired) electrons. The lowest BCUT2D eigenvalue weighted by Gasteiger charge is -2.13. The van der Waals surface area contributed by atoms with E-state index in [1.54, 1.807) is 6.92 Å². The Morgan fingerprint density at radius 2 is 1.96 bits per heavy atom. The SMILES string of the molecule is C[C@@H](OC(=O)CSc1ccc2ccccc2c1)C(=O)NC1CC1. The van der Waals surface area contributed by atoms with E-state index in [2.05, 4.69) is 17.4 Å². The Balaban J connectivity index is 1.50. The molecule has 1 aliphatic rings. The Labute approximate surface area is 139 Å². The molecule has 2 aromatic rings. The molecule has 0 aliphatic heterocycles. The quantitative estimate of drug-likeness (QED) is 0.653. The predicted molar refractivity (Wildman–Crippen MR) is 91.4 cm³/mol. The fraction of sp³-hybridized carbons (Fsp3) is 0.333. The smallest absolute Gasteiger partial charge is 0.317 e. The summed E-state index contributed by atoms with van der Waals surface area (Å²) in [6.07, 6.45) is 1.30. The molecule has 5 heteroatoms. The zero-order chi connectivity index (χ0) is 16.2. The summed E-state index contributed by atoms with van der Waals surface area (Å²) in [5.74, 6) is -0.391. The average molecular weight is 329 g/mol. The first-order chi connectivity index (χ1) is 11.1. The summed E-state index contributed by atoms with van der Waals surface area (Å²) in [6.45, 7) is 1.61. The minimum Gasteiger partial charge on any atom is -0.452 e. The van der Waals surface area contributed by atoms with Crippen molar-refractivity contribution in [3.05, 3.63) is 42.5 Å². The molecule has 1 amide bonds. The van der Waals surface area contributed by atoms with Gasteiger partial charge in [-0.05, 0) is 42.7 Å². The number of thioether (sulfide) groups is 1. The Morgan fingerprint density at radius 1 is 1.22 bits per heavy atom. The highest BCUT2D eigenvalue weighted by Crippen LogP contribution is 2.24. The average Bonchev–Trinajstić information content (AvgIpc) is 3.36. The van der Waals surface area contributed by atoms with Crippen LogP contribution < -0.4 is 5.32 Å². The van der Waals surface area contributed by atoms with Crippen molar-refractivity contribution in [3.8, 4) is 0 Å². The summed E-state index contributed by atoms with van der Waals surface area (Å²) in [4.78, 5) is 24.6. The van der Waals surface area contributed by atoms with Crippen molar-refractivity contribution in [1.82, 2.24) is 5.32 Å². The van der Waals surface area contributed by atoms with E-state index in [0.29, 0.717) is 0 Å². The van der Waals surface area contributed by atoms with Crippen LogP contribution in [0.1, 0.15) is 19.8 Å². The lowest BCUT2D eigenvalue weighted by molar-refractivity contribution is -0.152. The van der Waals surface area contributed by atoms with Crippen LogP contribution >= 0.6 is 11.8 Å². The van der Waals surface area contributed by atoms with Crippen molar-refractivity contribution >= 4 is 34.4 Å². The standard InChI is InChI=1S/C18H19NO3S/c1-12(18(21)19-15-7-8-15)22-17(20)11-23-16-9-6-13-4-2-3-5-14(13)10-16/h2-6,9-10,12,15H,7-8,11H2,1H3,(H,19,21)/t12-/m1/s1. The number of hydrogen-bond acceptors (Lipinski definition) is 4. The van der Waals surface area contributed by atoms with Crippen molar-refractivity contribution in [1.29, 1.82) is 0 Å². The molecule has 1 N–H and O–H groups in total. The monoisotopic (exact) mass is 329 g/mol. The van der Waals surface area contributed by atoms with Crippen molar-refractivity contribution in [2.45, 2.75) is 36.8 Å². The second-order valence-corrected chi connectivity index (χ2v) is 6.76. The second kappa shape index (κ2) is 7.04. The van der Waals surface area contributed by atoms with E-state index < -0.39 is 6.10 Å². The molecule has 0 unspecified atom stereocenters. The Kier molecular flexibility index (Phi) is 4.86. The van der Waals surface area contributed by atoms with Gasteiger partial charge in [-0.25, -0.2) is 0 Å². The molecular formula is C18H19NO3S. The predicted octanol–water partition coefficient (Wildman–Crippen LogP) is 3.14. The van der Waals surface area contributed by atoms with Gasteiger partial charge in [0.2, 0.25) is 0 Å². The molecule has 0 aromatic heterocycles. The summed E-state index contributed by atoms with van der Waals surface area (Å²) in [5.41, 5.74) is 0. The van der Waals surface area contributed by atoms with Gasteiger partial charge in [0.25, 0.3) is 5.91 Å². The minimum absolute atomic E-state index is 0.194. The maximum atomic E-state index is 11.9. The lowest BCUT2D eigenvalue weighted by atomic mass is 10.1. The van der Waals surface area contributed by atoms with Crippen LogP contribution in [0.3, 0.4) is 0 Å². The summed E-state index contributed by atoms with van der Waals surface area (Å²) in [7, 11) is 0. The van der Waals surface area contributed by atoms with Crippen LogP contribution in [0.5, 0.6) is 0 Å². The molecule has 1 fully saturated rings. The molecule has 120 valence electrons. The van der Waals surface area contributed by atoms with Crippen LogP contribution in [0.2, 0.25) is 0 Å². The van der Waals surface area contributed by atoms with Crippen LogP contribution in [0.25, 0.3) is 10.8 Å². The molecule has 4 nitrogen and oxygen atoms in total. The van der Waals surface area contributed by atoms with Crippen LogP contribution in [-0.4, -0.2) is 29.8 Å². The molecular weight excluding hydrogens is 310 g/mol. The van der Waals surface area contributed by atoms with E-state index in [1.165, 1.54) is 17.1 Å². The lowest BCUT2D eigenvalue weighted by Crippen LogP contribution is -2.37. The highest BCUT2D eigenvalue weighted by Gasteiger charge is 2.27. The number of fused-ring (bicyclic) bond motifs is 1. The van der Waals surface area contributed by atoms with E-state index >= 15 is 0 Å². The van der Waals surface area contributed by atoms with Crippen molar-refractivity contribution in [2.24, 2.45) is 0 Å². The highest BCUT2D eigenvalue weighted by molar-refractivity contribution is 8.00. The third-order valence-electron chi connectivity index (χ3n) is 3.68. The molecule has 23 heavy (non-hydrogen) atoms. The van der Waals surface area contributed by atoms with Crippen molar-refractivity contribution in [3.63, 3.8) is 0 Å². The summed E-state index contributed by atoms with van der Waals surface area (Å²) >= 11 is 1.42. The van der Waals surface area contributed by atoms with Gasteiger partial charge >= 0.3 is 5.97 Å². The Hall–Kier alpha value is -2.01. The third kappa shape index (κ3) is 4.48. The number of benzene rings is 2. The summed E-state index contributed by atoms with van der Waals surface area (Å²) in [5, 5.41) is 5.14. The van der Waals surface area contributed by atoms with Crippen LogP contribution in [0.4, 0.5) is 0 Å². The molecule has 0 heterocycles. The molecule has 0 saturated heterocycles. The fourth-order valence-electron chi connectivity index (χ4n) is 2.23. The number of carbonyl (C=O) groups is 2. The summed E-state index contributed by atoms with van der Waals surface area (Å²) < 4.78 is 5.18. The maximum absolute atomic E-state index is 11.9. The van der Waals surface area contributed by atoms with E-state index in [4.69, 9.17) is 4.74 Å². The molecule has 1 atom stereocenters. The van der Waals surface area contributed by atoms with Gasteiger partial charge in [0.05, 0.1) is 5.75 Å². The van der Waals surface area contributed by atoms with Gasteiger partial charge in [0, 0.05) is 10.9 Å². The van der Waals surface area contributed by atoms with Crippen molar-refractivity contribution in [2.75, 3.05) is 5.75 Å². The van der Waals surface area contributed by atoms with Gasteiger partial charge in [-0.1, -0.05) is 30.3 Å². The van der Waals surface area contributed by atoms with Gasteiger partial charge in [-0.3, -0.25) is 9.59 Å². The highest BCUT2D eigenvalue weighted by atomic mass is 32.2. The zero-order valence-electron chi connectivity index (χ0n) is 13.0.